The van der Waals surface area contributed by atoms with Gasteiger partial charge in [0, 0.05) is 6.42 Å². The first-order chi connectivity index (χ1) is 9.28. The van der Waals surface area contributed by atoms with Gasteiger partial charge in [-0.2, -0.15) is 4.72 Å². The van der Waals surface area contributed by atoms with E-state index in [2.05, 4.69) is 4.72 Å². The molecule has 2 rings (SSSR count). The first kappa shape index (κ1) is 14.8. The molecule has 0 aromatic heterocycles. The maximum absolute atomic E-state index is 12.3. The summed E-state index contributed by atoms with van der Waals surface area (Å²) >= 11 is 0. The van der Waals surface area contributed by atoms with Crippen LogP contribution in [-0.4, -0.2) is 31.6 Å². The number of hydrogen-bond donors (Lipinski definition) is 2. The van der Waals surface area contributed by atoms with E-state index in [4.69, 9.17) is 9.84 Å². The summed E-state index contributed by atoms with van der Waals surface area (Å²) in [6.07, 6.45) is 0.804. The Hall–Kier alpha value is -1.60. The van der Waals surface area contributed by atoms with Crippen molar-refractivity contribution in [2.45, 2.75) is 37.1 Å². The van der Waals surface area contributed by atoms with Crippen molar-refractivity contribution in [1.29, 1.82) is 0 Å². The van der Waals surface area contributed by atoms with Crippen LogP contribution in [0.15, 0.2) is 23.1 Å². The van der Waals surface area contributed by atoms with Crippen LogP contribution in [0.2, 0.25) is 0 Å². The van der Waals surface area contributed by atoms with Crippen LogP contribution in [0.5, 0.6) is 5.75 Å². The Balaban J connectivity index is 2.33. The van der Waals surface area contributed by atoms with Crippen LogP contribution in [0.3, 0.4) is 0 Å². The number of fused-ring (bicyclic) bond motifs is 1. The molecule has 0 amide bonds. The molecule has 0 bridgehead atoms. The van der Waals surface area contributed by atoms with Gasteiger partial charge in [0.05, 0.1) is 11.5 Å². The maximum Gasteiger partial charge on any atom is 0.324 e. The van der Waals surface area contributed by atoms with Gasteiger partial charge in [0.25, 0.3) is 0 Å². The van der Waals surface area contributed by atoms with Gasteiger partial charge in [-0.25, -0.2) is 8.42 Å². The van der Waals surface area contributed by atoms with Crippen molar-refractivity contribution in [3.8, 4) is 5.75 Å². The van der Waals surface area contributed by atoms with E-state index in [-0.39, 0.29) is 11.3 Å². The van der Waals surface area contributed by atoms with Gasteiger partial charge in [0.2, 0.25) is 10.0 Å². The van der Waals surface area contributed by atoms with Crippen molar-refractivity contribution in [2.24, 2.45) is 0 Å². The second-order valence-corrected chi connectivity index (χ2v) is 6.65. The molecule has 1 aromatic carbocycles. The zero-order valence-electron chi connectivity index (χ0n) is 11.3. The van der Waals surface area contributed by atoms with Crippen LogP contribution in [-0.2, 0) is 21.2 Å². The molecule has 1 heterocycles. The van der Waals surface area contributed by atoms with E-state index in [9.17, 15) is 13.2 Å². The molecule has 0 aliphatic carbocycles. The SMILES string of the molecule is CCC(C)(NS(=O)(=O)c1ccc2c(c1)CCO2)C(=O)O. The second-order valence-electron chi connectivity index (χ2n) is 4.96. The smallest absolute Gasteiger partial charge is 0.324 e. The lowest BCUT2D eigenvalue weighted by atomic mass is 10.0. The summed E-state index contributed by atoms with van der Waals surface area (Å²) < 4.78 is 32.2. The van der Waals surface area contributed by atoms with E-state index < -0.39 is 21.5 Å². The number of carbonyl (C=O) groups is 1. The van der Waals surface area contributed by atoms with Gasteiger partial charge >= 0.3 is 5.97 Å². The normalized spacial score (nSPS) is 17.1. The highest BCUT2D eigenvalue weighted by molar-refractivity contribution is 7.89. The van der Waals surface area contributed by atoms with Crippen molar-refractivity contribution in [3.05, 3.63) is 23.8 Å². The highest BCUT2D eigenvalue weighted by atomic mass is 32.2. The Kier molecular flexibility index (Phi) is 3.75. The molecule has 20 heavy (non-hydrogen) atoms. The third-order valence-electron chi connectivity index (χ3n) is 3.51. The maximum atomic E-state index is 12.3. The number of ether oxygens (including phenoxy) is 1. The Morgan fingerprint density at radius 2 is 2.20 bits per heavy atom. The zero-order valence-corrected chi connectivity index (χ0v) is 12.2. The summed E-state index contributed by atoms with van der Waals surface area (Å²) in [6.45, 7) is 3.50. The summed E-state index contributed by atoms with van der Waals surface area (Å²) in [4.78, 5) is 11.3. The van der Waals surface area contributed by atoms with Gasteiger partial charge in [-0.3, -0.25) is 4.79 Å². The largest absolute Gasteiger partial charge is 0.493 e. The molecule has 0 saturated heterocycles. The van der Waals surface area contributed by atoms with Crippen molar-refractivity contribution < 1.29 is 23.1 Å². The molecule has 2 N–H and O–H groups in total. The molecule has 1 atom stereocenters. The van der Waals surface area contributed by atoms with Gasteiger partial charge in [-0.05, 0) is 37.1 Å². The number of sulfonamides is 1. The molecule has 0 spiro atoms. The fraction of sp³-hybridized carbons (Fsp3) is 0.462. The van der Waals surface area contributed by atoms with Crippen LogP contribution in [0, 0.1) is 0 Å². The highest BCUT2D eigenvalue weighted by Crippen LogP contribution is 2.28. The molecule has 1 unspecified atom stereocenters. The van der Waals surface area contributed by atoms with E-state index in [1.807, 2.05) is 0 Å². The minimum absolute atomic E-state index is 0.0580. The average Bonchev–Trinajstić information content (AvgIpc) is 2.85. The molecular formula is C13H17NO5S. The molecule has 7 heteroatoms. The standard InChI is InChI=1S/C13H17NO5S/c1-3-13(2,12(15)16)14-20(17,18)10-4-5-11-9(8-10)6-7-19-11/h4-5,8,14H,3,6-7H2,1-2H3,(H,15,16). The summed E-state index contributed by atoms with van der Waals surface area (Å²) in [7, 11) is -3.88. The topological polar surface area (TPSA) is 92.7 Å². The van der Waals surface area contributed by atoms with Gasteiger partial charge in [-0.15, -0.1) is 0 Å². The van der Waals surface area contributed by atoms with Crippen molar-refractivity contribution in [1.82, 2.24) is 4.72 Å². The second kappa shape index (κ2) is 5.06. The lowest BCUT2D eigenvalue weighted by Crippen LogP contribution is -2.51. The highest BCUT2D eigenvalue weighted by Gasteiger charge is 2.36. The lowest BCUT2D eigenvalue weighted by molar-refractivity contribution is -0.143. The van der Waals surface area contributed by atoms with Crippen LogP contribution < -0.4 is 9.46 Å². The third-order valence-corrected chi connectivity index (χ3v) is 5.10. The van der Waals surface area contributed by atoms with Crippen LogP contribution in [0.1, 0.15) is 25.8 Å². The Morgan fingerprint density at radius 3 is 2.80 bits per heavy atom. The van der Waals surface area contributed by atoms with Crippen LogP contribution >= 0.6 is 0 Å². The number of carboxylic acids is 1. The van der Waals surface area contributed by atoms with Crippen LogP contribution in [0.4, 0.5) is 0 Å². The molecule has 1 aliphatic heterocycles. The Labute approximate surface area is 117 Å². The third kappa shape index (κ3) is 2.64. The van der Waals surface area contributed by atoms with E-state index in [0.29, 0.717) is 18.8 Å². The molecule has 6 nitrogen and oxygen atoms in total. The number of carboxylic acid groups (broad SMARTS) is 1. The molecule has 0 radical (unpaired) electrons. The van der Waals surface area contributed by atoms with Crippen molar-refractivity contribution in [3.63, 3.8) is 0 Å². The number of benzene rings is 1. The van der Waals surface area contributed by atoms with Gasteiger partial charge < -0.3 is 9.84 Å². The lowest BCUT2D eigenvalue weighted by Gasteiger charge is -2.24. The summed E-state index contributed by atoms with van der Waals surface area (Å²) in [5, 5.41) is 9.15. The molecule has 110 valence electrons. The van der Waals surface area contributed by atoms with E-state index in [1.165, 1.54) is 19.1 Å². The number of nitrogens with one attached hydrogen (secondary N) is 1. The molecule has 0 fully saturated rings. The van der Waals surface area contributed by atoms with Gasteiger partial charge in [0.15, 0.2) is 0 Å². The minimum atomic E-state index is -3.88. The minimum Gasteiger partial charge on any atom is -0.493 e. The summed E-state index contributed by atoms with van der Waals surface area (Å²) in [5.74, 6) is -0.520. The fourth-order valence-electron chi connectivity index (χ4n) is 1.95. The number of aliphatic carboxylic acids is 1. The van der Waals surface area contributed by atoms with Crippen molar-refractivity contribution in [2.75, 3.05) is 6.61 Å². The van der Waals surface area contributed by atoms with E-state index in [1.54, 1.807) is 13.0 Å². The molecule has 1 aromatic rings. The van der Waals surface area contributed by atoms with E-state index in [0.717, 1.165) is 5.56 Å². The van der Waals surface area contributed by atoms with Gasteiger partial charge in [0.1, 0.15) is 11.3 Å². The molecule has 1 aliphatic rings. The fourth-order valence-corrected chi connectivity index (χ4v) is 3.44. The first-order valence-electron chi connectivity index (χ1n) is 6.31. The number of hydrogen-bond acceptors (Lipinski definition) is 4. The predicted octanol–water partition coefficient (Wildman–Crippen LogP) is 1.15. The Morgan fingerprint density at radius 1 is 1.50 bits per heavy atom. The monoisotopic (exact) mass is 299 g/mol. The summed E-state index contributed by atoms with van der Waals surface area (Å²) in [5.41, 5.74) is -0.699. The Bertz CT molecular complexity index is 640. The zero-order chi connectivity index (χ0) is 15.0. The molecule has 0 saturated carbocycles. The molecular weight excluding hydrogens is 282 g/mol. The summed E-state index contributed by atoms with van der Waals surface area (Å²) in [6, 6.07) is 4.55. The van der Waals surface area contributed by atoms with E-state index >= 15 is 0 Å². The predicted molar refractivity (Wildman–Crippen MR) is 72.3 cm³/mol. The first-order valence-corrected chi connectivity index (χ1v) is 7.80. The van der Waals surface area contributed by atoms with Gasteiger partial charge in [-0.1, -0.05) is 6.92 Å². The number of rotatable bonds is 5. The van der Waals surface area contributed by atoms with Crippen LogP contribution in [0.25, 0.3) is 0 Å². The van der Waals surface area contributed by atoms with Crippen molar-refractivity contribution >= 4 is 16.0 Å². The quantitative estimate of drug-likeness (QED) is 0.851. The average molecular weight is 299 g/mol.